The second-order valence-corrected chi connectivity index (χ2v) is 7.93. The second kappa shape index (κ2) is 8.79. The van der Waals surface area contributed by atoms with Crippen LogP contribution in [-0.4, -0.2) is 23.4 Å². The molecule has 0 radical (unpaired) electrons. The van der Waals surface area contributed by atoms with Gasteiger partial charge in [-0.2, -0.15) is 5.10 Å². The summed E-state index contributed by atoms with van der Waals surface area (Å²) >= 11 is 1.26. The lowest BCUT2D eigenvalue weighted by molar-refractivity contribution is -0.118. The zero-order chi connectivity index (χ0) is 22.8. The van der Waals surface area contributed by atoms with E-state index < -0.39 is 11.6 Å². The summed E-state index contributed by atoms with van der Waals surface area (Å²) in [5, 5.41) is 9.04. The van der Waals surface area contributed by atoms with Crippen LogP contribution in [0.25, 0.3) is 11.3 Å². The Morgan fingerprint density at radius 3 is 2.64 bits per heavy atom. The van der Waals surface area contributed by atoms with Crippen LogP contribution >= 0.6 is 11.3 Å². The molecule has 3 aromatic carbocycles. The number of hydrogen-bond acceptors (Lipinski definition) is 5. The number of benzene rings is 3. The zero-order valence-electron chi connectivity index (χ0n) is 17.0. The van der Waals surface area contributed by atoms with Crippen molar-refractivity contribution in [3.8, 4) is 17.0 Å². The van der Waals surface area contributed by atoms with Crippen LogP contribution in [0, 0.1) is 11.6 Å². The summed E-state index contributed by atoms with van der Waals surface area (Å²) in [5.74, 6) is -0.567. The van der Waals surface area contributed by atoms with E-state index in [1.54, 1.807) is 48.5 Å². The molecular weight excluding hydrogens is 446 g/mol. The number of ether oxygens (including phenoxy) is 1. The Kier molecular flexibility index (Phi) is 5.54. The first-order chi connectivity index (χ1) is 16.1. The Bertz CT molecular complexity index is 1460. The Balaban J connectivity index is 1.65. The maximum Gasteiger partial charge on any atom is 0.262 e. The molecule has 0 unspecified atom stereocenters. The Hall–Kier alpha value is -4.11. The maximum absolute atomic E-state index is 14.2. The van der Waals surface area contributed by atoms with Crippen molar-refractivity contribution in [1.29, 1.82) is 0 Å². The molecule has 0 fully saturated rings. The largest absolute Gasteiger partial charge is 0.482 e. The molecule has 1 aliphatic heterocycles. The number of para-hydroxylation sites is 1. The van der Waals surface area contributed by atoms with E-state index >= 15 is 0 Å². The van der Waals surface area contributed by atoms with E-state index in [-0.39, 0.29) is 18.2 Å². The molecule has 164 valence electrons. The standard InChI is InChI=1S/C24H16F2N4O2S/c25-17-6-2-1-5-16(17)12-27-30-21(14-33-24(30)29-19-8-4-3-7-18(19)26)15-9-10-22-20(11-15)28-23(31)13-32-22/h1-12,14H,13H2,(H,28,31). The first-order valence-corrected chi connectivity index (χ1v) is 10.8. The zero-order valence-corrected chi connectivity index (χ0v) is 17.9. The normalized spacial score (nSPS) is 13.6. The average Bonchev–Trinajstić information content (AvgIpc) is 3.22. The number of rotatable bonds is 4. The van der Waals surface area contributed by atoms with Crippen molar-refractivity contribution in [2.24, 2.45) is 10.1 Å². The van der Waals surface area contributed by atoms with E-state index in [1.807, 2.05) is 11.4 Å². The first-order valence-electron chi connectivity index (χ1n) is 9.94. The third kappa shape index (κ3) is 4.31. The number of carbonyl (C=O) groups excluding carboxylic acids is 1. The molecule has 0 spiro atoms. The highest BCUT2D eigenvalue weighted by Gasteiger charge is 2.18. The number of halogens is 2. The van der Waals surface area contributed by atoms with Gasteiger partial charge in [0, 0.05) is 16.5 Å². The molecule has 2 heterocycles. The van der Waals surface area contributed by atoms with Crippen LogP contribution in [-0.2, 0) is 4.79 Å². The smallest absolute Gasteiger partial charge is 0.262 e. The van der Waals surface area contributed by atoms with Crippen molar-refractivity contribution in [2.75, 3.05) is 11.9 Å². The van der Waals surface area contributed by atoms with Gasteiger partial charge in [0.15, 0.2) is 6.61 Å². The number of nitrogens with one attached hydrogen (secondary N) is 1. The van der Waals surface area contributed by atoms with Gasteiger partial charge in [-0.1, -0.05) is 30.3 Å². The Morgan fingerprint density at radius 2 is 1.82 bits per heavy atom. The quantitative estimate of drug-likeness (QED) is 0.437. The number of amides is 1. The fourth-order valence-electron chi connectivity index (χ4n) is 3.27. The molecule has 0 aliphatic carbocycles. The predicted octanol–water partition coefficient (Wildman–Crippen LogP) is 4.94. The number of hydrogen-bond donors (Lipinski definition) is 1. The summed E-state index contributed by atoms with van der Waals surface area (Å²) in [6.45, 7) is -0.0383. The topological polar surface area (TPSA) is 68.0 Å². The lowest BCUT2D eigenvalue weighted by Gasteiger charge is -2.18. The summed E-state index contributed by atoms with van der Waals surface area (Å²) in [7, 11) is 0. The Labute approximate surface area is 191 Å². The molecule has 5 rings (SSSR count). The van der Waals surface area contributed by atoms with Crippen molar-refractivity contribution in [3.63, 3.8) is 0 Å². The summed E-state index contributed by atoms with van der Waals surface area (Å²) in [4.78, 5) is 16.5. The number of anilines is 1. The molecule has 9 heteroatoms. The molecule has 0 saturated carbocycles. The summed E-state index contributed by atoms with van der Waals surface area (Å²) in [6, 6.07) is 17.7. The molecule has 33 heavy (non-hydrogen) atoms. The van der Waals surface area contributed by atoms with Gasteiger partial charge in [-0.3, -0.25) is 4.79 Å². The molecule has 6 nitrogen and oxygen atoms in total. The van der Waals surface area contributed by atoms with Crippen molar-refractivity contribution < 1.29 is 18.3 Å². The number of thiazole rings is 1. The average molecular weight is 462 g/mol. The molecule has 0 saturated heterocycles. The van der Waals surface area contributed by atoms with E-state index in [0.717, 1.165) is 5.56 Å². The number of nitrogens with zero attached hydrogens (tertiary/aromatic N) is 3. The van der Waals surface area contributed by atoms with E-state index in [9.17, 15) is 13.6 Å². The third-order valence-corrected chi connectivity index (χ3v) is 5.70. The highest BCUT2D eigenvalue weighted by molar-refractivity contribution is 7.07. The minimum atomic E-state index is -0.467. The minimum Gasteiger partial charge on any atom is -0.482 e. The van der Waals surface area contributed by atoms with Crippen molar-refractivity contribution in [3.05, 3.63) is 94.1 Å². The minimum absolute atomic E-state index is 0.0383. The number of carbonyl (C=O) groups is 1. The van der Waals surface area contributed by atoms with Gasteiger partial charge in [0.05, 0.1) is 17.6 Å². The predicted molar refractivity (Wildman–Crippen MR) is 123 cm³/mol. The summed E-state index contributed by atoms with van der Waals surface area (Å²) < 4.78 is 35.3. The molecule has 4 aromatic rings. The van der Waals surface area contributed by atoms with Gasteiger partial charge in [-0.15, -0.1) is 11.3 Å². The van der Waals surface area contributed by atoms with Gasteiger partial charge in [0.25, 0.3) is 5.91 Å². The maximum atomic E-state index is 14.2. The van der Waals surface area contributed by atoms with Gasteiger partial charge in [0.2, 0.25) is 4.80 Å². The summed E-state index contributed by atoms with van der Waals surface area (Å²) in [5.41, 5.74) is 2.34. The van der Waals surface area contributed by atoms with Crippen LogP contribution in [0.3, 0.4) is 0 Å². The number of aromatic nitrogens is 1. The van der Waals surface area contributed by atoms with Crippen LogP contribution in [0.1, 0.15) is 5.56 Å². The monoisotopic (exact) mass is 462 g/mol. The second-order valence-electron chi connectivity index (χ2n) is 7.09. The number of fused-ring (bicyclic) bond motifs is 1. The first kappa shape index (κ1) is 20.8. The fraction of sp³-hybridized carbons (Fsp3) is 0.0417. The van der Waals surface area contributed by atoms with Gasteiger partial charge < -0.3 is 10.1 Å². The molecule has 0 atom stereocenters. The van der Waals surface area contributed by atoms with E-state index in [0.29, 0.717) is 27.5 Å². The van der Waals surface area contributed by atoms with Crippen LogP contribution < -0.4 is 14.9 Å². The van der Waals surface area contributed by atoms with Gasteiger partial charge >= 0.3 is 0 Å². The van der Waals surface area contributed by atoms with Crippen molar-refractivity contribution in [2.45, 2.75) is 0 Å². The molecule has 0 bridgehead atoms. The lowest BCUT2D eigenvalue weighted by atomic mass is 10.1. The molecule has 1 aliphatic rings. The lowest BCUT2D eigenvalue weighted by Crippen LogP contribution is -2.25. The van der Waals surface area contributed by atoms with Crippen LogP contribution in [0.4, 0.5) is 20.2 Å². The van der Waals surface area contributed by atoms with Gasteiger partial charge in [-0.25, -0.2) is 18.4 Å². The highest BCUT2D eigenvalue weighted by Crippen LogP contribution is 2.33. The fourth-order valence-corrected chi connectivity index (χ4v) is 4.12. The van der Waals surface area contributed by atoms with Gasteiger partial charge in [-0.05, 0) is 36.4 Å². The highest BCUT2D eigenvalue weighted by atomic mass is 32.1. The third-order valence-electron chi connectivity index (χ3n) is 4.88. The van der Waals surface area contributed by atoms with Gasteiger partial charge in [0.1, 0.15) is 23.1 Å². The SMILES string of the molecule is O=C1COc2ccc(-c3csc(=Nc4ccccc4F)n3N=Cc3ccccc3F)cc2N1. The van der Waals surface area contributed by atoms with Crippen LogP contribution in [0.2, 0.25) is 0 Å². The van der Waals surface area contributed by atoms with E-state index in [4.69, 9.17) is 4.74 Å². The Morgan fingerprint density at radius 1 is 1.03 bits per heavy atom. The molecule has 1 N–H and O–H groups in total. The van der Waals surface area contributed by atoms with Crippen molar-refractivity contribution >= 4 is 34.8 Å². The van der Waals surface area contributed by atoms with E-state index in [1.165, 1.54) is 34.4 Å². The molecule has 1 amide bonds. The van der Waals surface area contributed by atoms with Crippen molar-refractivity contribution in [1.82, 2.24) is 4.68 Å². The van der Waals surface area contributed by atoms with Crippen LogP contribution in [0.5, 0.6) is 5.75 Å². The molecular formula is C24H16F2N4O2S. The van der Waals surface area contributed by atoms with Crippen LogP contribution in [0.15, 0.2) is 82.2 Å². The van der Waals surface area contributed by atoms with E-state index in [2.05, 4.69) is 15.4 Å². The molecule has 1 aromatic heterocycles. The summed E-state index contributed by atoms with van der Waals surface area (Å²) in [6.07, 6.45) is 1.38.